The van der Waals surface area contributed by atoms with E-state index < -0.39 is 11.9 Å². The third-order valence-electron chi connectivity index (χ3n) is 8.69. The number of hydrogen-bond acceptors (Lipinski definition) is 6. The van der Waals surface area contributed by atoms with E-state index in [0.717, 1.165) is 55.4 Å². The summed E-state index contributed by atoms with van der Waals surface area (Å²) in [7, 11) is 6.47. The summed E-state index contributed by atoms with van der Waals surface area (Å²) in [5.41, 5.74) is 0.891. The molecule has 2 fully saturated rings. The summed E-state index contributed by atoms with van der Waals surface area (Å²) in [4.78, 5) is 44.7. The molecule has 0 bridgehead atoms. The van der Waals surface area contributed by atoms with Gasteiger partial charge in [-0.1, -0.05) is 19.4 Å². The van der Waals surface area contributed by atoms with E-state index in [-0.39, 0.29) is 37.1 Å². The third-order valence-corrected chi connectivity index (χ3v) is 8.69. The minimum atomic E-state index is -0.851. The third kappa shape index (κ3) is 8.13. The van der Waals surface area contributed by atoms with Gasteiger partial charge in [-0.3, -0.25) is 19.3 Å². The number of fused-ring (bicyclic) bond motifs is 1. The quantitative estimate of drug-likeness (QED) is 0.322. The Labute approximate surface area is 244 Å². The van der Waals surface area contributed by atoms with Crippen molar-refractivity contribution in [3.8, 4) is 11.5 Å². The van der Waals surface area contributed by atoms with Gasteiger partial charge in [0.25, 0.3) is 0 Å². The number of nitrogens with zero attached hydrogens (tertiary/aromatic N) is 4. The van der Waals surface area contributed by atoms with Crippen LogP contribution in [0.1, 0.15) is 63.4 Å². The maximum absolute atomic E-state index is 13.7. The van der Waals surface area contributed by atoms with Gasteiger partial charge in [-0.2, -0.15) is 0 Å². The van der Waals surface area contributed by atoms with Crippen molar-refractivity contribution in [3.63, 3.8) is 0 Å². The Bertz CT molecular complexity index is 1070. The minimum absolute atomic E-state index is 0.0649. The smallest absolute Gasteiger partial charge is 0.308 e. The lowest BCUT2D eigenvalue weighted by atomic mass is 9.83. The number of carbonyl (C=O) groups excluding carboxylic acids is 2. The summed E-state index contributed by atoms with van der Waals surface area (Å²) in [6.45, 7) is 6.77. The highest BCUT2D eigenvalue weighted by molar-refractivity contribution is 5.79. The molecule has 228 valence electrons. The number of carboxylic acids is 1. The average molecular weight is 574 g/mol. The highest BCUT2D eigenvalue weighted by atomic mass is 16.7. The normalized spacial score (nSPS) is 22.5. The van der Waals surface area contributed by atoms with Crippen LogP contribution in [-0.4, -0.2) is 122 Å². The van der Waals surface area contributed by atoms with Gasteiger partial charge in [0.15, 0.2) is 11.5 Å². The number of amides is 2. The number of benzene rings is 1. The van der Waals surface area contributed by atoms with Gasteiger partial charge < -0.3 is 28.9 Å². The van der Waals surface area contributed by atoms with Gasteiger partial charge in [0.05, 0.1) is 40.2 Å². The van der Waals surface area contributed by atoms with Crippen LogP contribution in [0.2, 0.25) is 0 Å². The Morgan fingerprint density at radius 1 is 1.10 bits per heavy atom. The van der Waals surface area contributed by atoms with Crippen molar-refractivity contribution < 1.29 is 33.4 Å². The van der Waals surface area contributed by atoms with Crippen LogP contribution in [0.15, 0.2) is 18.2 Å². The number of likely N-dealkylation sites (tertiary alicyclic amines) is 2. The molecule has 3 heterocycles. The second kappa shape index (κ2) is 13.9. The Morgan fingerprint density at radius 3 is 2.54 bits per heavy atom. The molecule has 10 nitrogen and oxygen atoms in total. The lowest BCUT2D eigenvalue weighted by Crippen LogP contribution is -2.45. The number of quaternary nitrogens is 1. The first-order valence-corrected chi connectivity index (χ1v) is 15.3. The molecule has 0 radical (unpaired) electrons. The molecule has 3 atom stereocenters. The fourth-order valence-corrected chi connectivity index (χ4v) is 6.49. The monoisotopic (exact) mass is 573 g/mol. The van der Waals surface area contributed by atoms with E-state index in [2.05, 4.69) is 33.0 Å². The summed E-state index contributed by atoms with van der Waals surface area (Å²) in [6.07, 6.45) is 5.68. The van der Waals surface area contributed by atoms with Gasteiger partial charge in [-0.15, -0.1) is 0 Å². The summed E-state index contributed by atoms with van der Waals surface area (Å²) >= 11 is 0. The van der Waals surface area contributed by atoms with Crippen molar-refractivity contribution in [2.75, 3.05) is 73.7 Å². The number of unbranched alkanes of at least 4 members (excludes halogenated alkanes) is 1. The second-order valence-corrected chi connectivity index (χ2v) is 12.8. The summed E-state index contributed by atoms with van der Waals surface area (Å²) in [6, 6.07) is 5.37. The molecule has 4 rings (SSSR count). The minimum Gasteiger partial charge on any atom is -0.481 e. The van der Waals surface area contributed by atoms with Crippen LogP contribution in [0.4, 0.5) is 0 Å². The molecule has 0 unspecified atom stereocenters. The van der Waals surface area contributed by atoms with Crippen molar-refractivity contribution in [3.05, 3.63) is 23.8 Å². The van der Waals surface area contributed by atoms with Crippen LogP contribution in [0.3, 0.4) is 0 Å². The average Bonchev–Trinajstić information content (AvgIpc) is 3.64. The van der Waals surface area contributed by atoms with Crippen molar-refractivity contribution in [1.82, 2.24) is 14.7 Å². The van der Waals surface area contributed by atoms with Crippen LogP contribution in [0, 0.1) is 5.92 Å². The zero-order chi connectivity index (χ0) is 29.6. The Balaban J connectivity index is 1.52. The number of carboxylic acid groups (broad SMARTS) is 1. The van der Waals surface area contributed by atoms with Crippen LogP contribution in [-0.2, 0) is 14.4 Å². The van der Waals surface area contributed by atoms with E-state index in [1.54, 1.807) is 0 Å². The number of aliphatic carboxylic acids is 1. The summed E-state index contributed by atoms with van der Waals surface area (Å²) < 4.78 is 11.9. The molecule has 0 saturated carbocycles. The highest BCUT2D eigenvalue weighted by Gasteiger charge is 2.47. The molecule has 0 spiro atoms. The lowest BCUT2D eigenvalue weighted by Gasteiger charge is -2.31. The van der Waals surface area contributed by atoms with Crippen molar-refractivity contribution in [1.29, 1.82) is 0 Å². The van der Waals surface area contributed by atoms with Gasteiger partial charge >= 0.3 is 5.97 Å². The summed E-state index contributed by atoms with van der Waals surface area (Å²) in [5.74, 6) is -0.260. The van der Waals surface area contributed by atoms with Crippen molar-refractivity contribution in [2.24, 2.45) is 5.92 Å². The van der Waals surface area contributed by atoms with Crippen LogP contribution in [0.25, 0.3) is 0 Å². The molecule has 2 amide bonds. The summed E-state index contributed by atoms with van der Waals surface area (Å²) in [5, 5.41) is 10.5. The highest BCUT2D eigenvalue weighted by Crippen LogP contribution is 2.43. The Morgan fingerprint density at radius 2 is 1.85 bits per heavy atom. The molecule has 3 aliphatic rings. The van der Waals surface area contributed by atoms with Gasteiger partial charge in [0.2, 0.25) is 18.6 Å². The fourth-order valence-electron chi connectivity index (χ4n) is 6.49. The molecule has 0 aromatic heterocycles. The first kappa shape index (κ1) is 31.1. The molecule has 1 N–H and O–H groups in total. The molecule has 41 heavy (non-hydrogen) atoms. The van der Waals surface area contributed by atoms with E-state index in [4.69, 9.17) is 9.47 Å². The standard InChI is InChI=1S/C31H48N4O6/c1-5-6-14-33(17-9-18-35(2,3)4)29(37)21-34-20-24(23-12-13-26-27(19-23)41-22-40-26)30(31(38)39)25(34)10-7-15-32-16-8-11-28(32)36/h12-13,19,24-25,30H,5-11,14-18,20-22H2,1-4H3/p+1/t24-,25+,30-/m1/s1. The first-order chi connectivity index (χ1) is 19.6. The maximum Gasteiger partial charge on any atom is 0.308 e. The lowest BCUT2D eigenvalue weighted by molar-refractivity contribution is -0.870. The molecule has 2 saturated heterocycles. The van der Waals surface area contributed by atoms with E-state index in [1.165, 1.54) is 0 Å². The van der Waals surface area contributed by atoms with Gasteiger partial charge in [-0.25, -0.2) is 0 Å². The van der Waals surface area contributed by atoms with E-state index in [0.29, 0.717) is 50.4 Å². The molecule has 0 aliphatic carbocycles. The van der Waals surface area contributed by atoms with E-state index in [9.17, 15) is 19.5 Å². The zero-order valence-electron chi connectivity index (χ0n) is 25.3. The van der Waals surface area contributed by atoms with Crippen molar-refractivity contribution in [2.45, 2.75) is 63.8 Å². The Hall–Kier alpha value is -2.85. The number of hydrogen-bond donors (Lipinski definition) is 1. The predicted molar refractivity (Wildman–Crippen MR) is 156 cm³/mol. The first-order valence-electron chi connectivity index (χ1n) is 15.3. The van der Waals surface area contributed by atoms with Gasteiger partial charge in [0, 0.05) is 57.5 Å². The zero-order valence-corrected chi connectivity index (χ0v) is 25.3. The number of rotatable bonds is 15. The SMILES string of the molecule is CCCCN(CCC[N+](C)(C)C)C(=O)CN1C[C@H](c2ccc3c(c2)OCO3)[C@@H](C(=O)O)[C@@H]1CCCN1CCCC1=O. The molecule has 3 aliphatic heterocycles. The molecule has 1 aromatic rings. The molecule has 1 aromatic carbocycles. The largest absolute Gasteiger partial charge is 0.481 e. The Kier molecular flexibility index (Phi) is 10.5. The van der Waals surface area contributed by atoms with Crippen LogP contribution < -0.4 is 9.47 Å². The van der Waals surface area contributed by atoms with E-state index in [1.807, 2.05) is 28.0 Å². The topological polar surface area (TPSA) is 99.6 Å². The number of carbonyl (C=O) groups is 3. The van der Waals surface area contributed by atoms with E-state index >= 15 is 0 Å². The molecular weight excluding hydrogens is 524 g/mol. The van der Waals surface area contributed by atoms with Gasteiger partial charge in [-0.05, 0) is 43.4 Å². The van der Waals surface area contributed by atoms with Gasteiger partial charge in [0.1, 0.15) is 0 Å². The predicted octanol–water partition coefficient (Wildman–Crippen LogP) is 3.01. The van der Waals surface area contributed by atoms with Crippen LogP contribution in [0.5, 0.6) is 11.5 Å². The fraction of sp³-hybridized carbons (Fsp3) is 0.710. The molecular formula is C31H49N4O6+. The second-order valence-electron chi connectivity index (χ2n) is 12.8. The van der Waals surface area contributed by atoms with Crippen molar-refractivity contribution >= 4 is 17.8 Å². The number of ether oxygens (including phenoxy) is 2. The maximum atomic E-state index is 13.7. The molecule has 10 heteroatoms. The van der Waals surface area contributed by atoms with Crippen LogP contribution >= 0.6 is 0 Å².